The first-order valence-corrected chi connectivity index (χ1v) is 10.6. The van der Waals surface area contributed by atoms with Gasteiger partial charge < -0.3 is 15.4 Å². The largest absolute Gasteiger partial charge is 0.494 e. The average Bonchev–Trinajstić information content (AvgIpc) is 3.04. The molecule has 0 aliphatic carbocycles. The highest BCUT2D eigenvalue weighted by Crippen LogP contribution is 2.31. The van der Waals surface area contributed by atoms with Crippen molar-refractivity contribution in [1.82, 2.24) is 0 Å². The molecule has 33 heavy (non-hydrogen) atoms. The third kappa shape index (κ3) is 4.73. The fourth-order valence-corrected chi connectivity index (χ4v) is 3.52. The van der Waals surface area contributed by atoms with E-state index in [1.807, 2.05) is 25.1 Å². The molecule has 166 valence electrons. The second-order valence-electron chi connectivity index (χ2n) is 7.09. The van der Waals surface area contributed by atoms with Crippen molar-refractivity contribution in [1.29, 1.82) is 0 Å². The van der Waals surface area contributed by atoms with E-state index in [0.29, 0.717) is 35.0 Å². The highest BCUT2D eigenvalue weighted by Gasteiger charge is 2.39. The molecule has 0 saturated carbocycles. The maximum Gasteiger partial charge on any atom is 0.283 e. The lowest BCUT2D eigenvalue weighted by molar-refractivity contribution is -0.120. The van der Waals surface area contributed by atoms with Gasteiger partial charge in [-0.15, -0.1) is 0 Å². The molecule has 1 aliphatic rings. The molecule has 3 aromatic carbocycles. The second-order valence-corrected chi connectivity index (χ2v) is 7.47. The van der Waals surface area contributed by atoms with Crippen LogP contribution in [0, 0.1) is 0 Å². The van der Waals surface area contributed by atoms with Crippen LogP contribution in [0.1, 0.15) is 17.3 Å². The van der Waals surface area contributed by atoms with Gasteiger partial charge in [-0.05, 0) is 61.5 Å². The van der Waals surface area contributed by atoms with E-state index in [0.717, 1.165) is 4.90 Å². The minimum atomic E-state index is -0.633. The Morgan fingerprint density at radius 1 is 0.909 bits per heavy atom. The number of nitrogens with zero attached hydrogens (tertiary/aromatic N) is 1. The molecule has 0 atom stereocenters. The van der Waals surface area contributed by atoms with E-state index in [-0.39, 0.29) is 16.6 Å². The van der Waals surface area contributed by atoms with Crippen LogP contribution in [0.25, 0.3) is 0 Å². The number of imide groups is 1. The van der Waals surface area contributed by atoms with Crippen LogP contribution in [0.3, 0.4) is 0 Å². The number of amides is 3. The summed E-state index contributed by atoms with van der Waals surface area (Å²) in [5, 5.41) is 5.47. The van der Waals surface area contributed by atoms with E-state index in [1.54, 1.807) is 60.7 Å². The molecule has 8 heteroatoms. The van der Waals surface area contributed by atoms with Crippen LogP contribution in [0.5, 0.6) is 5.75 Å². The number of anilines is 3. The van der Waals surface area contributed by atoms with E-state index < -0.39 is 11.8 Å². The van der Waals surface area contributed by atoms with E-state index >= 15 is 0 Å². The average molecular weight is 462 g/mol. The van der Waals surface area contributed by atoms with Crippen molar-refractivity contribution >= 4 is 46.4 Å². The Morgan fingerprint density at radius 3 is 2.30 bits per heavy atom. The zero-order chi connectivity index (χ0) is 23.4. The molecular formula is C25H20ClN3O4. The molecule has 0 spiro atoms. The van der Waals surface area contributed by atoms with Crippen LogP contribution in [0.4, 0.5) is 17.1 Å². The van der Waals surface area contributed by atoms with Gasteiger partial charge in [0.25, 0.3) is 17.7 Å². The Kier molecular flexibility index (Phi) is 6.42. The van der Waals surface area contributed by atoms with E-state index in [4.69, 9.17) is 16.3 Å². The van der Waals surface area contributed by atoms with Crippen molar-refractivity contribution in [2.24, 2.45) is 0 Å². The smallest absolute Gasteiger partial charge is 0.283 e. The summed E-state index contributed by atoms with van der Waals surface area (Å²) in [6.45, 7) is 2.37. The molecule has 3 amide bonds. The van der Waals surface area contributed by atoms with Gasteiger partial charge in [-0.1, -0.05) is 35.9 Å². The second kappa shape index (κ2) is 9.58. The van der Waals surface area contributed by atoms with Crippen LogP contribution in [-0.4, -0.2) is 24.3 Å². The summed E-state index contributed by atoms with van der Waals surface area (Å²) in [6.07, 6.45) is 0. The van der Waals surface area contributed by atoms with Crippen LogP contribution in [0.2, 0.25) is 0 Å². The first kappa shape index (κ1) is 22.1. The molecule has 1 aliphatic heterocycles. The minimum Gasteiger partial charge on any atom is -0.494 e. The summed E-state index contributed by atoms with van der Waals surface area (Å²) >= 11 is 6.21. The van der Waals surface area contributed by atoms with Gasteiger partial charge >= 0.3 is 0 Å². The molecular weight excluding hydrogens is 442 g/mol. The fourth-order valence-electron chi connectivity index (χ4n) is 3.31. The zero-order valence-corrected chi connectivity index (χ0v) is 18.4. The van der Waals surface area contributed by atoms with Crippen molar-refractivity contribution in [3.05, 3.63) is 95.2 Å². The molecule has 1 heterocycles. The number of hydrogen-bond acceptors (Lipinski definition) is 5. The number of para-hydroxylation sites is 1. The topological polar surface area (TPSA) is 87.7 Å². The van der Waals surface area contributed by atoms with Gasteiger partial charge in [0, 0.05) is 16.9 Å². The van der Waals surface area contributed by atoms with Crippen molar-refractivity contribution < 1.29 is 19.1 Å². The van der Waals surface area contributed by atoms with Gasteiger partial charge in [0.15, 0.2) is 0 Å². The van der Waals surface area contributed by atoms with Crippen LogP contribution in [0.15, 0.2) is 89.6 Å². The van der Waals surface area contributed by atoms with Gasteiger partial charge in [0.1, 0.15) is 16.5 Å². The van der Waals surface area contributed by atoms with E-state index in [1.165, 1.54) is 0 Å². The fraction of sp³-hybridized carbons (Fsp3) is 0.0800. The molecule has 0 radical (unpaired) electrons. The van der Waals surface area contributed by atoms with Crippen LogP contribution in [-0.2, 0) is 9.59 Å². The minimum absolute atomic E-state index is 0.0591. The molecule has 0 unspecified atom stereocenters. The maximum atomic E-state index is 13.0. The lowest BCUT2D eigenvalue weighted by Crippen LogP contribution is -2.32. The Bertz CT molecular complexity index is 1240. The number of ether oxygens (including phenoxy) is 1. The van der Waals surface area contributed by atoms with Crippen molar-refractivity contribution in [2.75, 3.05) is 22.1 Å². The predicted octanol–water partition coefficient (Wildman–Crippen LogP) is 4.77. The normalized spacial score (nSPS) is 13.3. The highest BCUT2D eigenvalue weighted by molar-refractivity contribution is 6.53. The van der Waals surface area contributed by atoms with Gasteiger partial charge in [-0.2, -0.15) is 0 Å². The maximum absolute atomic E-state index is 13.0. The van der Waals surface area contributed by atoms with Gasteiger partial charge in [-0.25, -0.2) is 4.90 Å². The predicted molar refractivity (Wildman–Crippen MR) is 127 cm³/mol. The van der Waals surface area contributed by atoms with Crippen LogP contribution >= 0.6 is 11.6 Å². The summed E-state index contributed by atoms with van der Waals surface area (Å²) in [5.74, 6) is -0.905. The molecule has 7 nitrogen and oxygen atoms in total. The summed E-state index contributed by atoms with van der Waals surface area (Å²) in [5.41, 5.74) is 1.80. The molecule has 2 N–H and O–H groups in total. The van der Waals surface area contributed by atoms with Crippen LogP contribution < -0.4 is 20.3 Å². The zero-order valence-electron chi connectivity index (χ0n) is 17.7. The lowest BCUT2D eigenvalue weighted by Gasteiger charge is -2.16. The number of nitrogens with one attached hydrogen (secondary N) is 2. The molecule has 0 fully saturated rings. The monoisotopic (exact) mass is 461 g/mol. The number of carbonyl (C=O) groups is 3. The van der Waals surface area contributed by atoms with Gasteiger partial charge in [0.05, 0.1) is 12.3 Å². The molecule has 0 saturated heterocycles. The third-order valence-electron chi connectivity index (χ3n) is 4.86. The number of benzene rings is 3. The number of carbonyl (C=O) groups excluding carboxylic acids is 3. The highest BCUT2D eigenvalue weighted by atomic mass is 35.5. The Hall–Kier alpha value is -4.10. The van der Waals surface area contributed by atoms with E-state index in [9.17, 15) is 14.4 Å². The third-order valence-corrected chi connectivity index (χ3v) is 5.21. The number of halogens is 1. The first-order valence-electron chi connectivity index (χ1n) is 10.2. The molecule has 0 bridgehead atoms. The van der Waals surface area contributed by atoms with Crippen molar-refractivity contribution in [3.63, 3.8) is 0 Å². The quantitative estimate of drug-likeness (QED) is 0.495. The summed E-state index contributed by atoms with van der Waals surface area (Å²) in [7, 11) is 0. The first-order chi connectivity index (χ1) is 16.0. The Morgan fingerprint density at radius 2 is 1.61 bits per heavy atom. The van der Waals surface area contributed by atoms with Crippen molar-refractivity contribution in [2.45, 2.75) is 6.92 Å². The molecule has 0 aromatic heterocycles. The number of rotatable bonds is 7. The summed E-state index contributed by atoms with van der Waals surface area (Å²) in [4.78, 5) is 39.2. The standard InChI is InChI=1S/C25H20ClN3O4/c1-2-33-20-13-11-19(12-14-20)29-24(31)21(26)22(25(29)32)27-18-10-6-7-16(15-18)23(30)28-17-8-4-3-5-9-17/h3-15,27H,2H2,1H3,(H,28,30). The Labute approximate surface area is 195 Å². The lowest BCUT2D eigenvalue weighted by atomic mass is 10.1. The molecule has 3 aromatic rings. The SMILES string of the molecule is CCOc1ccc(N2C(=O)C(Cl)=C(Nc3cccc(C(=O)Nc4ccccc4)c3)C2=O)cc1. The molecule has 4 rings (SSSR count). The van der Waals surface area contributed by atoms with Gasteiger partial charge in [0.2, 0.25) is 0 Å². The van der Waals surface area contributed by atoms with Crippen molar-refractivity contribution in [3.8, 4) is 5.75 Å². The summed E-state index contributed by atoms with van der Waals surface area (Å²) in [6, 6.07) is 22.2. The summed E-state index contributed by atoms with van der Waals surface area (Å²) < 4.78 is 5.40. The van der Waals surface area contributed by atoms with Gasteiger partial charge in [-0.3, -0.25) is 14.4 Å². The Balaban J connectivity index is 1.51. The van der Waals surface area contributed by atoms with E-state index in [2.05, 4.69) is 10.6 Å². The number of hydrogen-bond donors (Lipinski definition) is 2.